The normalized spacial score (nSPS) is 22.7. The van der Waals surface area contributed by atoms with Crippen molar-refractivity contribution in [1.82, 2.24) is 5.32 Å². The first-order chi connectivity index (χ1) is 5.18. The molecule has 11 heavy (non-hydrogen) atoms. The smallest absolute Gasteiger partial charge is 0.218 e. The van der Waals surface area contributed by atoms with Gasteiger partial charge in [0.1, 0.15) is 6.17 Å². The van der Waals surface area contributed by atoms with Crippen molar-refractivity contribution in [1.29, 1.82) is 0 Å². The van der Waals surface area contributed by atoms with Crippen LogP contribution >= 0.6 is 0 Å². The SMILES string of the molecule is CC(=O)NC1CC(C)=CC=N1. The van der Waals surface area contributed by atoms with E-state index in [1.54, 1.807) is 6.21 Å². The van der Waals surface area contributed by atoms with Gasteiger partial charge in [0.25, 0.3) is 0 Å². The Morgan fingerprint density at radius 1 is 1.82 bits per heavy atom. The number of amides is 1. The lowest BCUT2D eigenvalue weighted by atomic mass is 10.1. The third-order valence-corrected chi connectivity index (χ3v) is 1.51. The first kappa shape index (κ1) is 7.98. The number of carbonyl (C=O) groups excluding carboxylic acids is 1. The van der Waals surface area contributed by atoms with E-state index in [-0.39, 0.29) is 12.1 Å². The Labute approximate surface area is 66.2 Å². The molecule has 3 nitrogen and oxygen atoms in total. The van der Waals surface area contributed by atoms with Crippen LogP contribution in [0.2, 0.25) is 0 Å². The molecule has 1 N–H and O–H groups in total. The maximum Gasteiger partial charge on any atom is 0.218 e. The van der Waals surface area contributed by atoms with Crippen molar-refractivity contribution < 1.29 is 4.79 Å². The molecule has 0 saturated carbocycles. The van der Waals surface area contributed by atoms with Crippen molar-refractivity contribution in [3.05, 3.63) is 11.6 Å². The summed E-state index contributed by atoms with van der Waals surface area (Å²) >= 11 is 0. The quantitative estimate of drug-likeness (QED) is 0.595. The largest absolute Gasteiger partial charge is 0.334 e. The van der Waals surface area contributed by atoms with Gasteiger partial charge in [0, 0.05) is 19.6 Å². The fraction of sp³-hybridized carbons (Fsp3) is 0.500. The van der Waals surface area contributed by atoms with Crippen molar-refractivity contribution in [2.45, 2.75) is 26.4 Å². The zero-order chi connectivity index (χ0) is 8.27. The first-order valence-corrected chi connectivity index (χ1v) is 3.64. The Hall–Kier alpha value is -1.12. The molecule has 1 rings (SSSR count). The van der Waals surface area contributed by atoms with Crippen LogP contribution in [-0.2, 0) is 4.79 Å². The van der Waals surface area contributed by atoms with Crippen molar-refractivity contribution in [2.75, 3.05) is 0 Å². The standard InChI is InChI=1S/C8H12N2O/c1-6-3-4-9-8(5-6)10-7(2)11/h3-4,8H,5H2,1-2H3,(H,10,11). The third-order valence-electron chi connectivity index (χ3n) is 1.51. The van der Waals surface area contributed by atoms with Gasteiger partial charge in [-0.05, 0) is 13.0 Å². The van der Waals surface area contributed by atoms with Gasteiger partial charge in [0.05, 0.1) is 0 Å². The molecular formula is C8H12N2O. The molecule has 3 heteroatoms. The lowest BCUT2D eigenvalue weighted by Crippen LogP contribution is -2.32. The number of dihydropyridines is 1. The van der Waals surface area contributed by atoms with E-state index in [2.05, 4.69) is 10.3 Å². The summed E-state index contributed by atoms with van der Waals surface area (Å²) in [5.74, 6) is -0.0261. The molecule has 1 unspecified atom stereocenters. The second-order valence-electron chi connectivity index (χ2n) is 2.73. The molecular weight excluding hydrogens is 140 g/mol. The van der Waals surface area contributed by atoms with Gasteiger partial charge in [-0.15, -0.1) is 0 Å². The summed E-state index contributed by atoms with van der Waals surface area (Å²) in [7, 11) is 0. The number of hydrogen-bond donors (Lipinski definition) is 1. The highest BCUT2D eigenvalue weighted by Crippen LogP contribution is 2.08. The van der Waals surface area contributed by atoms with E-state index in [0.29, 0.717) is 0 Å². The highest BCUT2D eigenvalue weighted by molar-refractivity contribution is 5.76. The third kappa shape index (κ3) is 2.53. The molecule has 0 fully saturated rings. The Kier molecular flexibility index (Phi) is 2.41. The average Bonchev–Trinajstić information content (AvgIpc) is 1.85. The summed E-state index contributed by atoms with van der Waals surface area (Å²) in [5.41, 5.74) is 1.25. The molecule has 1 amide bonds. The molecule has 1 aliphatic heterocycles. The minimum Gasteiger partial charge on any atom is -0.334 e. The lowest BCUT2D eigenvalue weighted by Gasteiger charge is -2.15. The minimum absolute atomic E-state index is 0.0261. The molecule has 1 heterocycles. The fourth-order valence-electron chi connectivity index (χ4n) is 1.02. The molecule has 0 aromatic rings. The van der Waals surface area contributed by atoms with E-state index in [0.717, 1.165) is 6.42 Å². The summed E-state index contributed by atoms with van der Waals surface area (Å²) in [6, 6.07) is 0. The van der Waals surface area contributed by atoms with E-state index in [1.165, 1.54) is 12.5 Å². The van der Waals surface area contributed by atoms with Gasteiger partial charge in [-0.2, -0.15) is 0 Å². The number of carbonyl (C=O) groups is 1. The fourth-order valence-corrected chi connectivity index (χ4v) is 1.02. The van der Waals surface area contributed by atoms with Crippen LogP contribution in [0.1, 0.15) is 20.3 Å². The predicted molar refractivity (Wildman–Crippen MR) is 44.5 cm³/mol. The number of allylic oxidation sites excluding steroid dienone is 1. The highest BCUT2D eigenvalue weighted by Gasteiger charge is 2.09. The molecule has 1 atom stereocenters. The Morgan fingerprint density at radius 2 is 2.55 bits per heavy atom. The second-order valence-corrected chi connectivity index (χ2v) is 2.73. The molecule has 0 spiro atoms. The minimum atomic E-state index is -0.0440. The number of aliphatic imine (C=N–C) groups is 1. The Morgan fingerprint density at radius 3 is 3.09 bits per heavy atom. The number of nitrogens with one attached hydrogen (secondary N) is 1. The molecule has 1 aliphatic rings. The molecule has 0 aliphatic carbocycles. The van der Waals surface area contributed by atoms with Crippen LogP contribution in [0.4, 0.5) is 0 Å². The molecule has 60 valence electrons. The summed E-state index contributed by atoms with van der Waals surface area (Å²) in [6.07, 6.45) is 4.48. The molecule has 0 saturated heterocycles. The van der Waals surface area contributed by atoms with E-state index >= 15 is 0 Å². The van der Waals surface area contributed by atoms with Gasteiger partial charge in [-0.1, -0.05) is 5.57 Å². The predicted octanol–water partition coefficient (Wildman–Crippen LogP) is 0.869. The van der Waals surface area contributed by atoms with Crippen LogP contribution < -0.4 is 5.32 Å². The highest BCUT2D eigenvalue weighted by atomic mass is 16.1. The van der Waals surface area contributed by atoms with Crippen LogP contribution in [0.5, 0.6) is 0 Å². The van der Waals surface area contributed by atoms with Crippen LogP contribution in [-0.4, -0.2) is 18.3 Å². The Bertz CT molecular complexity index is 216. The van der Waals surface area contributed by atoms with E-state index in [9.17, 15) is 4.79 Å². The molecule has 0 bridgehead atoms. The first-order valence-electron chi connectivity index (χ1n) is 3.64. The van der Waals surface area contributed by atoms with Crippen LogP contribution in [0.3, 0.4) is 0 Å². The molecule has 0 radical (unpaired) electrons. The summed E-state index contributed by atoms with van der Waals surface area (Å²) in [4.78, 5) is 14.7. The van der Waals surface area contributed by atoms with Gasteiger partial charge >= 0.3 is 0 Å². The van der Waals surface area contributed by atoms with E-state index < -0.39 is 0 Å². The Balaban J connectivity index is 2.46. The summed E-state index contributed by atoms with van der Waals surface area (Å²) in [6.45, 7) is 3.53. The van der Waals surface area contributed by atoms with Gasteiger partial charge in [-0.3, -0.25) is 9.79 Å². The van der Waals surface area contributed by atoms with Crippen molar-refractivity contribution >= 4 is 12.1 Å². The molecule has 0 aromatic heterocycles. The summed E-state index contributed by atoms with van der Waals surface area (Å²) in [5, 5.41) is 2.73. The van der Waals surface area contributed by atoms with Crippen molar-refractivity contribution in [2.24, 2.45) is 4.99 Å². The maximum absolute atomic E-state index is 10.6. The maximum atomic E-state index is 10.6. The van der Waals surface area contributed by atoms with Crippen LogP contribution in [0.15, 0.2) is 16.6 Å². The molecule has 0 aromatic carbocycles. The number of nitrogens with zero attached hydrogens (tertiary/aromatic N) is 1. The zero-order valence-corrected chi connectivity index (χ0v) is 6.79. The van der Waals surface area contributed by atoms with Crippen LogP contribution in [0, 0.1) is 0 Å². The number of rotatable bonds is 1. The monoisotopic (exact) mass is 152 g/mol. The zero-order valence-electron chi connectivity index (χ0n) is 6.79. The van der Waals surface area contributed by atoms with Crippen molar-refractivity contribution in [3.8, 4) is 0 Å². The van der Waals surface area contributed by atoms with E-state index in [4.69, 9.17) is 0 Å². The number of hydrogen-bond acceptors (Lipinski definition) is 2. The van der Waals surface area contributed by atoms with Gasteiger partial charge < -0.3 is 5.32 Å². The van der Waals surface area contributed by atoms with Gasteiger partial charge in [0.2, 0.25) is 5.91 Å². The van der Waals surface area contributed by atoms with Crippen molar-refractivity contribution in [3.63, 3.8) is 0 Å². The lowest BCUT2D eigenvalue weighted by molar-refractivity contribution is -0.119. The topological polar surface area (TPSA) is 41.5 Å². The van der Waals surface area contributed by atoms with Crippen LogP contribution in [0.25, 0.3) is 0 Å². The second kappa shape index (κ2) is 3.32. The summed E-state index contributed by atoms with van der Waals surface area (Å²) < 4.78 is 0. The average molecular weight is 152 g/mol. The van der Waals surface area contributed by atoms with E-state index in [1.807, 2.05) is 13.0 Å². The van der Waals surface area contributed by atoms with Gasteiger partial charge in [-0.25, -0.2) is 0 Å². The van der Waals surface area contributed by atoms with Gasteiger partial charge in [0.15, 0.2) is 0 Å².